The average molecular weight is 366 g/mol. The van der Waals surface area contributed by atoms with Gasteiger partial charge in [-0.2, -0.15) is 0 Å². The molecular formula is C21H22N2O4. The normalized spacial score (nSPS) is 15.3. The van der Waals surface area contributed by atoms with Crippen LogP contribution in [0.4, 0.5) is 0 Å². The van der Waals surface area contributed by atoms with Gasteiger partial charge in [-0.1, -0.05) is 18.2 Å². The van der Waals surface area contributed by atoms with Gasteiger partial charge in [0, 0.05) is 38.7 Å². The van der Waals surface area contributed by atoms with Crippen molar-refractivity contribution >= 4 is 11.8 Å². The number of fused-ring (bicyclic) bond motifs is 1. The Labute approximate surface area is 158 Å². The number of hydrogen-bond acceptors (Lipinski definition) is 4. The first-order valence-electron chi connectivity index (χ1n) is 9.11. The highest BCUT2D eigenvalue weighted by molar-refractivity contribution is 5.94. The molecule has 1 saturated heterocycles. The summed E-state index contributed by atoms with van der Waals surface area (Å²) >= 11 is 0. The molecule has 1 fully saturated rings. The highest BCUT2D eigenvalue weighted by atomic mass is 16.7. The lowest BCUT2D eigenvalue weighted by atomic mass is 10.1. The summed E-state index contributed by atoms with van der Waals surface area (Å²) in [4.78, 5) is 28.0. The lowest BCUT2D eigenvalue weighted by Gasteiger charge is -2.18. The van der Waals surface area contributed by atoms with Gasteiger partial charge in [-0.25, -0.2) is 0 Å². The smallest absolute Gasteiger partial charge is 0.253 e. The van der Waals surface area contributed by atoms with E-state index in [1.165, 1.54) is 0 Å². The molecule has 0 aliphatic carbocycles. The van der Waals surface area contributed by atoms with Crippen molar-refractivity contribution in [3.05, 3.63) is 59.2 Å². The van der Waals surface area contributed by atoms with Gasteiger partial charge in [-0.05, 0) is 41.8 Å². The minimum absolute atomic E-state index is 0.0449. The quantitative estimate of drug-likeness (QED) is 0.816. The first-order valence-corrected chi connectivity index (χ1v) is 9.11. The van der Waals surface area contributed by atoms with Crippen molar-refractivity contribution in [2.24, 2.45) is 0 Å². The molecule has 140 valence electrons. The summed E-state index contributed by atoms with van der Waals surface area (Å²) in [6.07, 6.45) is 1.57. The maximum atomic E-state index is 12.7. The van der Waals surface area contributed by atoms with Crippen molar-refractivity contribution in [3.63, 3.8) is 0 Å². The Morgan fingerprint density at radius 2 is 1.81 bits per heavy atom. The van der Waals surface area contributed by atoms with Crippen LogP contribution in [-0.4, -0.2) is 42.0 Å². The Hall–Kier alpha value is -3.02. The van der Waals surface area contributed by atoms with Crippen LogP contribution in [0.5, 0.6) is 11.5 Å². The summed E-state index contributed by atoms with van der Waals surface area (Å²) in [5, 5.41) is 0. The Bertz CT molecular complexity index is 863. The summed E-state index contributed by atoms with van der Waals surface area (Å²) in [6, 6.07) is 13.2. The van der Waals surface area contributed by atoms with Crippen LogP contribution in [0.2, 0.25) is 0 Å². The molecule has 0 spiro atoms. The summed E-state index contributed by atoms with van der Waals surface area (Å²) in [7, 11) is 1.78. The number of rotatable bonds is 5. The molecule has 2 amide bonds. The Morgan fingerprint density at radius 3 is 2.56 bits per heavy atom. The zero-order valence-corrected chi connectivity index (χ0v) is 15.3. The van der Waals surface area contributed by atoms with Crippen molar-refractivity contribution in [2.45, 2.75) is 25.9 Å². The standard InChI is InChI=1S/C21H22N2O4/c1-22(12-16-6-9-18-19(11-16)27-14-26-18)21(25)17-7-4-15(5-8-17)13-23-10-2-3-20(23)24/h4-9,11H,2-3,10,12-14H2,1H3. The van der Waals surface area contributed by atoms with Gasteiger partial charge in [0.2, 0.25) is 12.7 Å². The molecule has 0 radical (unpaired) electrons. The van der Waals surface area contributed by atoms with Gasteiger partial charge in [0.15, 0.2) is 11.5 Å². The molecule has 0 bridgehead atoms. The van der Waals surface area contributed by atoms with Crippen LogP contribution in [0.15, 0.2) is 42.5 Å². The predicted octanol–water partition coefficient (Wildman–Crippen LogP) is 2.81. The monoisotopic (exact) mass is 366 g/mol. The van der Waals surface area contributed by atoms with Gasteiger partial charge in [0.1, 0.15) is 0 Å². The van der Waals surface area contributed by atoms with Gasteiger partial charge in [-0.3, -0.25) is 9.59 Å². The van der Waals surface area contributed by atoms with Crippen LogP contribution in [0, 0.1) is 0 Å². The van der Waals surface area contributed by atoms with E-state index in [1.54, 1.807) is 11.9 Å². The maximum absolute atomic E-state index is 12.7. The van der Waals surface area contributed by atoms with Crippen LogP contribution >= 0.6 is 0 Å². The number of amides is 2. The highest BCUT2D eigenvalue weighted by Crippen LogP contribution is 2.32. The fraction of sp³-hybridized carbons (Fsp3) is 0.333. The van der Waals surface area contributed by atoms with Crippen molar-refractivity contribution in [1.29, 1.82) is 0 Å². The zero-order valence-electron chi connectivity index (χ0n) is 15.3. The van der Waals surface area contributed by atoms with E-state index in [9.17, 15) is 9.59 Å². The first-order chi connectivity index (χ1) is 13.1. The maximum Gasteiger partial charge on any atom is 0.253 e. The van der Waals surface area contributed by atoms with E-state index in [-0.39, 0.29) is 18.6 Å². The Balaban J connectivity index is 1.39. The van der Waals surface area contributed by atoms with E-state index in [1.807, 2.05) is 47.4 Å². The molecule has 27 heavy (non-hydrogen) atoms. The second kappa shape index (κ2) is 7.31. The second-order valence-electron chi connectivity index (χ2n) is 6.96. The second-order valence-corrected chi connectivity index (χ2v) is 6.96. The third-order valence-corrected chi connectivity index (χ3v) is 4.95. The number of hydrogen-bond donors (Lipinski definition) is 0. The minimum atomic E-state index is -0.0449. The summed E-state index contributed by atoms with van der Waals surface area (Å²) < 4.78 is 10.7. The van der Waals surface area contributed by atoms with Crippen LogP contribution < -0.4 is 9.47 Å². The average Bonchev–Trinajstić information content (AvgIpc) is 3.30. The van der Waals surface area contributed by atoms with Crippen LogP contribution in [0.25, 0.3) is 0 Å². The molecule has 0 unspecified atom stereocenters. The summed E-state index contributed by atoms with van der Waals surface area (Å²) in [5.41, 5.74) is 2.66. The molecule has 2 aliphatic rings. The molecule has 0 aromatic heterocycles. The van der Waals surface area contributed by atoms with Gasteiger partial charge in [0.05, 0.1) is 0 Å². The molecule has 2 aromatic rings. The topological polar surface area (TPSA) is 59.1 Å². The van der Waals surface area contributed by atoms with Crippen molar-refractivity contribution < 1.29 is 19.1 Å². The SMILES string of the molecule is CN(Cc1ccc2c(c1)OCO2)C(=O)c1ccc(CN2CCCC2=O)cc1. The van der Waals surface area contributed by atoms with Crippen molar-refractivity contribution in [2.75, 3.05) is 20.4 Å². The fourth-order valence-corrected chi connectivity index (χ4v) is 3.45. The van der Waals surface area contributed by atoms with Gasteiger partial charge in [-0.15, -0.1) is 0 Å². The number of carbonyl (C=O) groups excluding carboxylic acids is 2. The Morgan fingerprint density at radius 1 is 1.07 bits per heavy atom. The Kier molecular flexibility index (Phi) is 4.71. The molecule has 6 nitrogen and oxygen atoms in total. The molecule has 2 aromatic carbocycles. The van der Waals surface area contributed by atoms with E-state index < -0.39 is 0 Å². The molecule has 6 heteroatoms. The van der Waals surface area contributed by atoms with Gasteiger partial charge >= 0.3 is 0 Å². The molecule has 2 heterocycles. The number of benzene rings is 2. The van der Waals surface area contributed by atoms with Crippen LogP contribution in [0.3, 0.4) is 0 Å². The zero-order chi connectivity index (χ0) is 18.8. The molecular weight excluding hydrogens is 344 g/mol. The van der Waals surface area contributed by atoms with E-state index in [4.69, 9.17) is 9.47 Å². The van der Waals surface area contributed by atoms with Gasteiger partial charge in [0.25, 0.3) is 5.91 Å². The number of likely N-dealkylation sites (tertiary alicyclic amines) is 1. The summed E-state index contributed by atoms with van der Waals surface area (Å²) in [5.74, 6) is 1.61. The molecule has 2 aliphatic heterocycles. The third kappa shape index (κ3) is 3.74. The minimum Gasteiger partial charge on any atom is -0.454 e. The van der Waals surface area contributed by atoms with Crippen LogP contribution in [0.1, 0.15) is 34.3 Å². The van der Waals surface area contributed by atoms with Crippen LogP contribution in [-0.2, 0) is 17.9 Å². The first kappa shape index (κ1) is 17.4. The number of carbonyl (C=O) groups is 2. The predicted molar refractivity (Wildman–Crippen MR) is 99.5 cm³/mol. The largest absolute Gasteiger partial charge is 0.454 e. The number of nitrogens with zero attached hydrogens (tertiary/aromatic N) is 2. The summed E-state index contributed by atoms with van der Waals surface area (Å²) in [6.45, 7) is 2.15. The molecule has 4 rings (SSSR count). The number of ether oxygens (including phenoxy) is 2. The van der Waals surface area contributed by atoms with E-state index in [0.29, 0.717) is 30.8 Å². The van der Waals surface area contributed by atoms with Gasteiger partial charge < -0.3 is 19.3 Å². The van der Waals surface area contributed by atoms with E-state index >= 15 is 0 Å². The lowest BCUT2D eigenvalue weighted by Crippen LogP contribution is -2.26. The molecule has 0 saturated carbocycles. The van der Waals surface area contributed by atoms with Crippen molar-refractivity contribution in [1.82, 2.24) is 9.80 Å². The highest BCUT2D eigenvalue weighted by Gasteiger charge is 2.20. The van der Waals surface area contributed by atoms with E-state index in [2.05, 4.69) is 0 Å². The molecule has 0 N–H and O–H groups in total. The fourth-order valence-electron chi connectivity index (χ4n) is 3.45. The molecule has 0 atom stereocenters. The third-order valence-electron chi connectivity index (χ3n) is 4.95. The lowest BCUT2D eigenvalue weighted by molar-refractivity contribution is -0.128. The van der Waals surface area contributed by atoms with Crippen molar-refractivity contribution in [3.8, 4) is 11.5 Å². The van der Waals surface area contributed by atoms with E-state index in [0.717, 1.165) is 29.8 Å².